The van der Waals surface area contributed by atoms with Crippen LogP contribution in [-0.4, -0.2) is 36.4 Å². The van der Waals surface area contributed by atoms with Gasteiger partial charge in [0, 0.05) is 36.4 Å². The van der Waals surface area contributed by atoms with Crippen molar-refractivity contribution in [1.82, 2.24) is 15.6 Å². The molecule has 6 heteroatoms. The molecule has 0 spiro atoms. The zero-order valence-electron chi connectivity index (χ0n) is 17.3. The third-order valence-corrected chi connectivity index (χ3v) is 5.37. The van der Waals surface area contributed by atoms with Crippen molar-refractivity contribution in [1.29, 1.82) is 0 Å². The Bertz CT molecular complexity index is 1080. The number of carbonyl (C=O) groups excluding carboxylic acids is 2. The summed E-state index contributed by atoms with van der Waals surface area (Å²) < 4.78 is 0. The minimum absolute atomic E-state index is 0.0444. The van der Waals surface area contributed by atoms with E-state index in [0.29, 0.717) is 25.2 Å². The van der Waals surface area contributed by atoms with Crippen LogP contribution < -0.4 is 15.5 Å². The maximum atomic E-state index is 13.0. The maximum absolute atomic E-state index is 13.0. The van der Waals surface area contributed by atoms with Crippen LogP contribution in [0.3, 0.4) is 0 Å². The molecule has 3 aromatic rings. The second kappa shape index (κ2) is 8.53. The number of nitrogens with zero attached hydrogens (tertiary/aromatic N) is 2. The smallest absolute Gasteiger partial charge is 0.252 e. The largest absolute Gasteiger partial charge is 0.360 e. The van der Waals surface area contributed by atoms with Crippen LogP contribution in [0.1, 0.15) is 41.4 Å². The van der Waals surface area contributed by atoms with Crippen molar-refractivity contribution in [2.24, 2.45) is 0 Å². The van der Waals surface area contributed by atoms with Crippen LogP contribution in [0.5, 0.6) is 0 Å². The molecule has 0 saturated carbocycles. The fourth-order valence-electron chi connectivity index (χ4n) is 3.64. The topological polar surface area (TPSA) is 74.3 Å². The summed E-state index contributed by atoms with van der Waals surface area (Å²) in [5.74, 6) is 0.181. The van der Waals surface area contributed by atoms with Crippen LogP contribution in [-0.2, 0) is 11.3 Å². The number of anilines is 1. The first-order chi connectivity index (χ1) is 14.5. The molecule has 2 N–H and O–H groups in total. The lowest BCUT2D eigenvalue weighted by Gasteiger charge is -2.28. The van der Waals surface area contributed by atoms with Crippen molar-refractivity contribution in [2.45, 2.75) is 26.3 Å². The summed E-state index contributed by atoms with van der Waals surface area (Å²) in [6.07, 6.45) is 0. The molecular formula is C24H26N4O2. The average Bonchev–Trinajstić information content (AvgIpc) is 2.77. The summed E-state index contributed by atoms with van der Waals surface area (Å²) in [6, 6.07) is 17.6. The van der Waals surface area contributed by atoms with Crippen LogP contribution in [0.4, 0.5) is 5.69 Å². The van der Waals surface area contributed by atoms with Gasteiger partial charge in [-0.2, -0.15) is 0 Å². The van der Waals surface area contributed by atoms with Gasteiger partial charge in [0.05, 0.1) is 17.6 Å². The fraction of sp³-hybridized carbons (Fsp3) is 0.292. The number of rotatable bonds is 5. The quantitative estimate of drug-likeness (QED) is 0.687. The summed E-state index contributed by atoms with van der Waals surface area (Å²) in [7, 11) is 0. The fourth-order valence-corrected chi connectivity index (χ4v) is 3.64. The third-order valence-electron chi connectivity index (χ3n) is 5.37. The van der Waals surface area contributed by atoms with Gasteiger partial charge in [0.2, 0.25) is 5.91 Å². The number of nitrogens with one attached hydrogen (secondary N) is 2. The minimum Gasteiger partial charge on any atom is -0.360 e. The summed E-state index contributed by atoms with van der Waals surface area (Å²) in [5, 5.41) is 6.73. The Hall–Kier alpha value is -3.41. The first kappa shape index (κ1) is 19.9. The second-order valence-electron chi connectivity index (χ2n) is 7.89. The van der Waals surface area contributed by atoms with Crippen molar-refractivity contribution in [3.63, 3.8) is 0 Å². The number of pyridine rings is 1. The molecule has 2 heterocycles. The Labute approximate surface area is 176 Å². The molecule has 30 heavy (non-hydrogen) atoms. The van der Waals surface area contributed by atoms with E-state index in [0.717, 1.165) is 34.4 Å². The SMILES string of the molecule is CC(C)c1cc(C(=O)NCc2ccc(N3CCNC(=O)C3)cc2)c2ccccc2n1. The van der Waals surface area contributed by atoms with Gasteiger partial charge in [-0.1, -0.05) is 44.2 Å². The van der Waals surface area contributed by atoms with Gasteiger partial charge >= 0.3 is 0 Å². The van der Waals surface area contributed by atoms with E-state index in [1.54, 1.807) is 0 Å². The standard InChI is InChI=1S/C24H26N4O2/c1-16(2)22-13-20(19-5-3-4-6-21(19)27-22)24(30)26-14-17-7-9-18(10-8-17)28-12-11-25-23(29)15-28/h3-10,13,16H,11-12,14-15H2,1-2H3,(H,25,29)(H,26,30). The minimum atomic E-state index is -0.104. The molecule has 6 nitrogen and oxygen atoms in total. The summed E-state index contributed by atoms with van der Waals surface area (Å²) >= 11 is 0. The van der Waals surface area contributed by atoms with E-state index in [2.05, 4.69) is 34.4 Å². The predicted octanol–water partition coefficient (Wildman–Crippen LogP) is 3.22. The zero-order valence-corrected chi connectivity index (χ0v) is 17.3. The zero-order chi connectivity index (χ0) is 21.1. The molecule has 0 unspecified atom stereocenters. The highest BCUT2D eigenvalue weighted by Gasteiger charge is 2.17. The number of piperazine rings is 1. The molecule has 1 aliphatic heterocycles. The Morgan fingerprint density at radius 1 is 1.17 bits per heavy atom. The van der Waals surface area contributed by atoms with Gasteiger partial charge in [0.15, 0.2) is 0 Å². The first-order valence-electron chi connectivity index (χ1n) is 10.3. The van der Waals surface area contributed by atoms with E-state index in [1.165, 1.54) is 0 Å². The van der Waals surface area contributed by atoms with Gasteiger partial charge in [-0.3, -0.25) is 14.6 Å². The lowest BCUT2D eigenvalue weighted by Crippen LogP contribution is -2.47. The monoisotopic (exact) mass is 402 g/mol. The Morgan fingerprint density at radius 3 is 2.67 bits per heavy atom. The number of carbonyl (C=O) groups is 2. The number of para-hydroxylation sites is 1. The summed E-state index contributed by atoms with van der Waals surface area (Å²) in [6.45, 7) is 6.43. The molecule has 2 amide bonds. The van der Waals surface area contributed by atoms with Crippen LogP contribution in [0.25, 0.3) is 10.9 Å². The number of amides is 2. The molecule has 0 radical (unpaired) electrons. The second-order valence-corrected chi connectivity index (χ2v) is 7.89. The van der Waals surface area contributed by atoms with Gasteiger partial charge in [0.25, 0.3) is 5.91 Å². The van der Waals surface area contributed by atoms with Crippen molar-refractivity contribution in [2.75, 3.05) is 24.5 Å². The molecular weight excluding hydrogens is 376 g/mol. The Balaban J connectivity index is 1.48. The van der Waals surface area contributed by atoms with Gasteiger partial charge in [-0.25, -0.2) is 0 Å². The summed E-state index contributed by atoms with van der Waals surface area (Å²) in [5.41, 5.74) is 4.43. The molecule has 0 atom stereocenters. The molecule has 154 valence electrons. The molecule has 2 aromatic carbocycles. The van der Waals surface area contributed by atoms with E-state index >= 15 is 0 Å². The highest BCUT2D eigenvalue weighted by molar-refractivity contribution is 6.06. The number of aromatic nitrogens is 1. The molecule has 0 bridgehead atoms. The van der Waals surface area contributed by atoms with E-state index < -0.39 is 0 Å². The van der Waals surface area contributed by atoms with Crippen LogP contribution in [0, 0.1) is 0 Å². The molecule has 1 saturated heterocycles. The summed E-state index contributed by atoms with van der Waals surface area (Å²) in [4.78, 5) is 31.3. The Kier molecular flexibility index (Phi) is 5.65. The van der Waals surface area contributed by atoms with E-state index in [4.69, 9.17) is 0 Å². The van der Waals surface area contributed by atoms with E-state index in [1.807, 2.05) is 54.6 Å². The highest BCUT2D eigenvalue weighted by Crippen LogP contribution is 2.22. The van der Waals surface area contributed by atoms with Crippen LogP contribution in [0.2, 0.25) is 0 Å². The highest BCUT2D eigenvalue weighted by atomic mass is 16.2. The number of fused-ring (bicyclic) bond motifs is 1. The number of benzene rings is 2. The predicted molar refractivity (Wildman–Crippen MR) is 119 cm³/mol. The van der Waals surface area contributed by atoms with E-state index in [9.17, 15) is 9.59 Å². The van der Waals surface area contributed by atoms with Crippen LogP contribution >= 0.6 is 0 Å². The van der Waals surface area contributed by atoms with Crippen molar-refractivity contribution in [3.05, 3.63) is 71.4 Å². The number of hydrogen-bond acceptors (Lipinski definition) is 4. The van der Waals surface area contributed by atoms with Gasteiger partial charge in [0.1, 0.15) is 0 Å². The van der Waals surface area contributed by atoms with Crippen LogP contribution in [0.15, 0.2) is 54.6 Å². The molecule has 0 aliphatic carbocycles. The van der Waals surface area contributed by atoms with Gasteiger partial charge in [-0.05, 0) is 35.7 Å². The third kappa shape index (κ3) is 4.27. The lowest BCUT2D eigenvalue weighted by molar-refractivity contribution is -0.120. The van der Waals surface area contributed by atoms with Crippen molar-refractivity contribution in [3.8, 4) is 0 Å². The van der Waals surface area contributed by atoms with Gasteiger partial charge < -0.3 is 15.5 Å². The molecule has 1 aliphatic rings. The van der Waals surface area contributed by atoms with Crippen molar-refractivity contribution >= 4 is 28.4 Å². The molecule has 1 fully saturated rings. The first-order valence-corrected chi connectivity index (χ1v) is 10.3. The molecule has 4 rings (SSSR count). The average molecular weight is 402 g/mol. The Morgan fingerprint density at radius 2 is 1.93 bits per heavy atom. The number of hydrogen-bond donors (Lipinski definition) is 2. The van der Waals surface area contributed by atoms with Crippen molar-refractivity contribution < 1.29 is 9.59 Å². The normalized spacial score (nSPS) is 14.1. The maximum Gasteiger partial charge on any atom is 0.252 e. The van der Waals surface area contributed by atoms with E-state index in [-0.39, 0.29) is 17.7 Å². The molecule has 1 aromatic heterocycles. The van der Waals surface area contributed by atoms with Gasteiger partial charge in [-0.15, -0.1) is 0 Å². The lowest BCUT2D eigenvalue weighted by atomic mass is 10.0.